The smallest absolute Gasteiger partial charge is 0.132 e. The van der Waals surface area contributed by atoms with E-state index in [9.17, 15) is 0 Å². The topological polar surface area (TPSA) is 43.8 Å². The first-order chi connectivity index (χ1) is 11.5. The van der Waals surface area contributed by atoms with Crippen LogP contribution in [0.5, 0.6) is 0 Å². The fourth-order valence-electron chi connectivity index (χ4n) is 2.74. The lowest BCUT2D eigenvalue weighted by Crippen LogP contribution is -2.09. The first-order valence-electron chi connectivity index (χ1n) is 7.82. The van der Waals surface area contributed by atoms with Gasteiger partial charge in [0.1, 0.15) is 17.3 Å². The summed E-state index contributed by atoms with van der Waals surface area (Å²) in [4.78, 5) is 4.78. The highest BCUT2D eigenvalue weighted by molar-refractivity contribution is 6.36. The molecule has 0 aliphatic heterocycles. The van der Waals surface area contributed by atoms with E-state index in [4.69, 9.17) is 33.9 Å². The lowest BCUT2D eigenvalue weighted by atomic mass is 10.1. The van der Waals surface area contributed by atoms with Crippen LogP contribution in [0.1, 0.15) is 31.2 Å². The summed E-state index contributed by atoms with van der Waals surface area (Å²) in [6.07, 6.45) is 0. The summed E-state index contributed by atoms with van der Waals surface area (Å²) in [5, 5.41) is 1.14. The highest BCUT2D eigenvalue weighted by atomic mass is 35.5. The van der Waals surface area contributed by atoms with Gasteiger partial charge in [0.15, 0.2) is 0 Å². The molecule has 0 unspecified atom stereocenters. The Hall–Kier alpha value is -1.97. The van der Waals surface area contributed by atoms with Crippen LogP contribution >= 0.6 is 23.2 Å². The van der Waals surface area contributed by atoms with E-state index in [0.29, 0.717) is 28.1 Å². The summed E-state index contributed by atoms with van der Waals surface area (Å²) in [5.74, 6) is 1.81. The Morgan fingerprint density at radius 2 is 1.79 bits per heavy atom. The van der Waals surface area contributed by atoms with Crippen LogP contribution < -0.4 is 5.73 Å². The van der Waals surface area contributed by atoms with Crippen molar-refractivity contribution < 1.29 is 0 Å². The van der Waals surface area contributed by atoms with Crippen molar-refractivity contribution in [3.63, 3.8) is 0 Å². The van der Waals surface area contributed by atoms with Crippen LogP contribution in [0, 0.1) is 0 Å². The summed E-state index contributed by atoms with van der Waals surface area (Å²) in [6.45, 7) is 4.89. The largest absolute Gasteiger partial charge is 0.383 e. The number of halogens is 2. The maximum Gasteiger partial charge on any atom is 0.132 e. The van der Waals surface area contributed by atoms with Gasteiger partial charge in [-0.2, -0.15) is 0 Å². The molecule has 2 N–H and O–H groups in total. The molecule has 2 aromatic carbocycles. The second kappa shape index (κ2) is 6.88. The summed E-state index contributed by atoms with van der Waals surface area (Å²) in [6, 6.07) is 15.6. The minimum Gasteiger partial charge on any atom is -0.383 e. The number of nitrogens with two attached hydrogens (primary N) is 1. The average Bonchev–Trinajstić information content (AvgIpc) is 2.86. The molecular formula is C19H19Cl2N3. The van der Waals surface area contributed by atoms with Gasteiger partial charge in [-0.3, -0.25) is 0 Å². The van der Waals surface area contributed by atoms with Crippen LogP contribution in [0.15, 0.2) is 48.5 Å². The molecule has 0 saturated heterocycles. The Kier molecular flexibility index (Phi) is 4.83. The van der Waals surface area contributed by atoms with Crippen molar-refractivity contribution in [1.29, 1.82) is 0 Å². The molecule has 0 bridgehead atoms. The van der Waals surface area contributed by atoms with E-state index in [1.165, 1.54) is 5.56 Å². The van der Waals surface area contributed by atoms with Gasteiger partial charge >= 0.3 is 0 Å². The first kappa shape index (κ1) is 16.9. The van der Waals surface area contributed by atoms with E-state index in [0.717, 1.165) is 11.4 Å². The molecule has 0 aliphatic carbocycles. The maximum absolute atomic E-state index is 6.44. The molecule has 0 radical (unpaired) electrons. The van der Waals surface area contributed by atoms with E-state index >= 15 is 0 Å². The fourth-order valence-corrected chi connectivity index (χ4v) is 3.23. The number of rotatable bonds is 4. The van der Waals surface area contributed by atoms with Crippen molar-refractivity contribution in [3.8, 4) is 11.3 Å². The molecule has 0 amide bonds. The Morgan fingerprint density at radius 1 is 1.08 bits per heavy atom. The van der Waals surface area contributed by atoms with Crippen molar-refractivity contribution >= 4 is 29.0 Å². The summed E-state index contributed by atoms with van der Waals surface area (Å²) >= 11 is 12.3. The maximum atomic E-state index is 6.44. The number of hydrogen-bond acceptors (Lipinski definition) is 2. The van der Waals surface area contributed by atoms with E-state index in [1.54, 1.807) is 12.1 Å². The SMILES string of the molecule is CC(C)c1nc(-c2ccc(Cl)cc2Cl)c(N)n1Cc1ccccc1. The Labute approximate surface area is 152 Å². The van der Waals surface area contributed by atoms with Crippen LogP contribution in [0.2, 0.25) is 10.0 Å². The predicted molar refractivity (Wildman–Crippen MR) is 102 cm³/mol. The summed E-state index contributed by atoms with van der Waals surface area (Å²) in [7, 11) is 0. The second-order valence-corrected chi connectivity index (χ2v) is 6.90. The third-order valence-electron chi connectivity index (χ3n) is 3.92. The third kappa shape index (κ3) is 3.28. The standard InChI is InChI=1S/C19H19Cl2N3/c1-12(2)19-23-17(15-9-8-14(20)10-16(15)21)18(22)24(19)11-13-6-4-3-5-7-13/h3-10,12H,11,22H2,1-2H3. The minimum absolute atomic E-state index is 0.246. The van der Waals surface area contributed by atoms with Crippen molar-refractivity contribution in [1.82, 2.24) is 9.55 Å². The van der Waals surface area contributed by atoms with Crippen LogP contribution in [-0.4, -0.2) is 9.55 Å². The molecule has 3 rings (SSSR count). The van der Waals surface area contributed by atoms with Crippen LogP contribution in [0.25, 0.3) is 11.3 Å². The highest BCUT2D eigenvalue weighted by Gasteiger charge is 2.20. The van der Waals surface area contributed by atoms with Crippen LogP contribution in [-0.2, 0) is 6.54 Å². The lowest BCUT2D eigenvalue weighted by Gasteiger charge is -2.12. The Morgan fingerprint density at radius 3 is 2.42 bits per heavy atom. The monoisotopic (exact) mass is 359 g/mol. The van der Waals surface area contributed by atoms with Gasteiger partial charge in [-0.15, -0.1) is 0 Å². The zero-order chi connectivity index (χ0) is 17.3. The van der Waals surface area contributed by atoms with Crippen LogP contribution in [0.4, 0.5) is 5.82 Å². The first-order valence-corrected chi connectivity index (χ1v) is 8.58. The number of nitrogens with zero attached hydrogens (tertiary/aromatic N) is 2. The average molecular weight is 360 g/mol. The fraction of sp³-hybridized carbons (Fsp3) is 0.211. The summed E-state index contributed by atoms with van der Waals surface area (Å²) in [5.41, 5.74) is 9.12. The van der Waals surface area contributed by atoms with Gasteiger partial charge in [-0.25, -0.2) is 4.98 Å². The molecule has 0 aliphatic rings. The van der Waals surface area contributed by atoms with Gasteiger partial charge in [0.2, 0.25) is 0 Å². The molecule has 0 saturated carbocycles. The lowest BCUT2D eigenvalue weighted by molar-refractivity contribution is 0.675. The van der Waals surface area contributed by atoms with E-state index < -0.39 is 0 Å². The summed E-state index contributed by atoms with van der Waals surface area (Å²) < 4.78 is 2.06. The van der Waals surface area contributed by atoms with Gasteiger partial charge < -0.3 is 10.3 Å². The molecule has 124 valence electrons. The highest BCUT2D eigenvalue weighted by Crippen LogP contribution is 2.35. The molecular weight excluding hydrogens is 341 g/mol. The van der Waals surface area contributed by atoms with Gasteiger partial charge in [-0.1, -0.05) is 67.4 Å². The van der Waals surface area contributed by atoms with Gasteiger partial charge in [0.05, 0.1) is 11.6 Å². The molecule has 0 spiro atoms. The van der Waals surface area contributed by atoms with E-state index in [1.807, 2.05) is 24.3 Å². The zero-order valence-electron chi connectivity index (χ0n) is 13.6. The van der Waals surface area contributed by atoms with E-state index in [2.05, 4.69) is 30.5 Å². The van der Waals surface area contributed by atoms with Crippen molar-refractivity contribution in [2.45, 2.75) is 26.3 Å². The molecule has 0 fully saturated rings. The molecule has 3 aromatic rings. The molecule has 0 atom stereocenters. The molecule has 3 nitrogen and oxygen atoms in total. The molecule has 24 heavy (non-hydrogen) atoms. The number of nitrogen functional groups attached to an aromatic ring is 1. The molecule has 1 heterocycles. The van der Waals surface area contributed by atoms with Crippen LogP contribution in [0.3, 0.4) is 0 Å². The second-order valence-electron chi connectivity index (χ2n) is 6.05. The van der Waals surface area contributed by atoms with Gasteiger partial charge in [0, 0.05) is 16.5 Å². The number of benzene rings is 2. The number of anilines is 1. The zero-order valence-corrected chi connectivity index (χ0v) is 15.1. The number of aromatic nitrogens is 2. The number of imidazole rings is 1. The Bertz CT molecular complexity index is 855. The van der Waals surface area contributed by atoms with Gasteiger partial charge in [-0.05, 0) is 23.8 Å². The van der Waals surface area contributed by atoms with Gasteiger partial charge in [0.25, 0.3) is 0 Å². The van der Waals surface area contributed by atoms with Crippen molar-refractivity contribution in [2.75, 3.05) is 5.73 Å². The third-order valence-corrected chi connectivity index (χ3v) is 4.47. The minimum atomic E-state index is 0.246. The van der Waals surface area contributed by atoms with Crippen molar-refractivity contribution in [3.05, 3.63) is 70.0 Å². The quantitative estimate of drug-likeness (QED) is 0.657. The van der Waals surface area contributed by atoms with E-state index in [-0.39, 0.29) is 5.92 Å². The van der Waals surface area contributed by atoms with Crippen molar-refractivity contribution in [2.24, 2.45) is 0 Å². The molecule has 1 aromatic heterocycles. The number of hydrogen-bond donors (Lipinski definition) is 1. The molecule has 5 heteroatoms. The normalized spacial score (nSPS) is 11.2. The Balaban J connectivity index is 2.11. The predicted octanol–water partition coefficient (Wildman–Crippen LogP) is 5.61.